The van der Waals surface area contributed by atoms with Crippen molar-refractivity contribution >= 4 is 35.8 Å². The van der Waals surface area contributed by atoms with E-state index < -0.39 is 0 Å². The van der Waals surface area contributed by atoms with E-state index in [1.807, 2.05) is 44.2 Å². The van der Waals surface area contributed by atoms with Crippen molar-refractivity contribution in [2.24, 2.45) is 4.99 Å². The number of benzene rings is 2. The SMILES string of the molecule is CCNC(=NCc1ccc(C(=O)N(C)C)cc1)NCc1ccc(C)cc1OCCOCC.I. The van der Waals surface area contributed by atoms with Crippen LogP contribution in [0.5, 0.6) is 5.75 Å². The van der Waals surface area contributed by atoms with Crippen LogP contribution in [0.15, 0.2) is 47.5 Å². The van der Waals surface area contributed by atoms with Gasteiger partial charge < -0.3 is 25.0 Å². The Morgan fingerprint density at radius 2 is 1.76 bits per heavy atom. The average molecular weight is 569 g/mol. The normalized spacial score (nSPS) is 10.9. The van der Waals surface area contributed by atoms with Gasteiger partial charge in [-0.25, -0.2) is 4.99 Å². The number of nitrogens with zero attached hydrogens (tertiary/aromatic N) is 2. The number of nitrogens with one attached hydrogen (secondary N) is 2. The van der Waals surface area contributed by atoms with E-state index in [4.69, 9.17) is 9.47 Å². The minimum atomic E-state index is -0.00701. The van der Waals surface area contributed by atoms with E-state index in [-0.39, 0.29) is 29.9 Å². The molecule has 2 rings (SSSR count). The number of aliphatic imine (C=N–C) groups is 1. The van der Waals surface area contributed by atoms with Gasteiger partial charge >= 0.3 is 0 Å². The molecule has 0 bridgehead atoms. The first kappa shape index (κ1) is 28.7. The van der Waals surface area contributed by atoms with Crippen molar-refractivity contribution < 1.29 is 14.3 Å². The van der Waals surface area contributed by atoms with Crippen LogP contribution in [-0.2, 0) is 17.8 Å². The molecule has 8 heteroatoms. The van der Waals surface area contributed by atoms with Gasteiger partial charge in [0.2, 0.25) is 0 Å². The Bertz CT molecular complexity index is 886. The predicted molar refractivity (Wildman–Crippen MR) is 145 cm³/mol. The van der Waals surface area contributed by atoms with Crippen molar-refractivity contribution in [2.75, 3.05) is 40.5 Å². The molecule has 0 spiro atoms. The molecule has 0 aromatic heterocycles. The van der Waals surface area contributed by atoms with Gasteiger partial charge in [-0.1, -0.05) is 24.3 Å². The number of hydrogen-bond donors (Lipinski definition) is 2. The second-order valence-corrected chi connectivity index (χ2v) is 7.60. The Hall–Kier alpha value is -2.33. The Balaban J connectivity index is 0.00000544. The van der Waals surface area contributed by atoms with Gasteiger partial charge in [0, 0.05) is 44.9 Å². The van der Waals surface area contributed by atoms with Gasteiger partial charge in [0.15, 0.2) is 5.96 Å². The minimum Gasteiger partial charge on any atom is -0.491 e. The number of halogens is 1. The average Bonchev–Trinajstić information content (AvgIpc) is 2.79. The number of rotatable bonds is 11. The van der Waals surface area contributed by atoms with Gasteiger partial charge in [-0.3, -0.25) is 4.79 Å². The topological polar surface area (TPSA) is 75.2 Å². The number of hydrogen-bond acceptors (Lipinski definition) is 4. The Morgan fingerprint density at radius 3 is 2.39 bits per heavy atom. The number of aryl methyl sites for hydroxylation is 1. The first-order valence-corrected chi connectivity index (χ1v) is 11.1. The molecule has 0 aliphatic heterocycles. The molecular weight excluding hydrogens is 531 g/mol. The standard InChI is InChI=1S/C25H36N4O3.HI/c1-6-26-25(27-17-20-9-12-21(13-10-20)24(30)29(4)5)28-18-22-11-8-19(3)16-23(22)32-15-14-31-7-2;/h8-13,16H,6-7,14-15,17-18H2,1-5H3,(H2,26,27,28);1H. The lowest BCUT2D eigenvalue weighted by molar-refractivity contribution is 0.0827. The summed E-state index contributed by atoms with van der Waals surface area (Å²) in [6, 6.07) is 13.7. The molecule has 1 amide bonds. The fourth-order valence-electron chi connectivity index (χ4n) is 3.00. The highest BCUT2D eigenvalue weighted by atomic mass is 127. The summed E-state index contributed by atoms with van der Waals surface area (Å²) in [6.45, 7) is 9.69. The summed E-state index contributed by atoms with van der Waals surface area (Å²) in [5.41, 5.74) is 3.91. The number of carbonyl (C=O) groups excluding carboxylic acids is 1. The summed E-state index contributed by atoms with van der Waals surface area (Å²) in [6.07, 6.45) is 0. The van der Waals surface area contributed by atoms with Crippen LogP contribution in [0.3, 0.4) is 0 Å². The molecule has 2 aromatic rings. The Morgan fingerprint density at radius 1 is 1.03 bits per heavy atom. The van der Waals surface area contributed by atoms with E-state index in [1.165, 1.54) is 0 Å². The highest BCUT2D eigenvalue weighted by Gasteiger charge is 2.08. The van der Waals surface area contributed by atoms with E-state index in [9.17, 15) is 4.79 Å². The monoisotopic (exact) mass is 568 g/mol. The predicted octanol–water partition coefficient (Wildman–Crippen LogP) is 3.99. The summed E-state index contributed by atoms with van der Waals surface area (Å²) in [7, 11) is 3.50. The van der Waals surface area contributed by atoms with Gasteiger partial charge in [-0.05, 0) is 50.1 Å². The molecule has 0 saturated heterocycles. The molecule has 0 aliphatic rings. The van der Waals surface area contributed by atoms with Gasteiger partial charge in [-0.2, -0.15) is 0 Å². The van der Waals surface area contributed by atoms with Gasteiger partial charge in [0.05, 0.1) is 13.2 Å². The van der Waals surface area contributed by atoms with Crippen LogP contribution >= 0.6 is 24.0 Å². The Kier molecular flexibility index (Phi) is 13.5. The highest BCUT2D eigenvalue weighted by molar-refractivity contribution is 14.0. The molecular formula is C25H37IN4O3. The maximum absolute atomic E-state index is 12.0. The van der Waals surface area contributed by atoms with Crippen LogP contribution in [0, 0.1) is 6.92 Å². The van der Waals surface area contributed by atoms with Crippen LogP contribution in [0.25, 0.3) is 0 Å². The fraction of sp³-hybridized carbons (Fsp3) is 0.440. The molecule has 33 heavy (non-hydrogen) atoms. The van der Waals surface area contributed by atoms with Gasteiger partial charge in [0.1, 0.15) is 12.4 Å². The zero-order valence-electron chi connectivity index (χ0n) is 20.3. The molecule has 182 valence electrons. The van der Waals surface area contributed by atoms with Crippen molar-refractivity contribution in [3.05, 3.63) is 64.7 Å². The largest absolute Gasteiger partial charge is 0.491 e. The number of ether oxygens (including phenoxy) is 2. The second kappa shape index (κ2) is 15.5. The maximum Gasteiger partial charge on any atom is 0.253 e. The van der Waals surface area contributed by atoms with E-state index in [2.05, 4.69) is 34.7 Å². The maximum atomic E-state index is 12.0. The Labute approximate surface area is 215 Å². The zero-order valence-corrected chi connectivity index (χ0v) is 22.6. The third kappa shape index (κ3) is 10.00. The van der Waals surface area contributed by atoms with Crippen molar-refractivity contribution in [1.29, 1.82) is 0 Å². The van der Waals surface area contributed by atoms with Crippen LogP contribution in [-0.4, -0.2) is 57.2 Å². The van der Waals surface area contributed by atoms with Crippen LogP contribution in [0.1, 0.15) is 40.9 Å². The zero-order chi connectivity index (χ0) is 23.3. The summed E-state index contributed by atoms with van der Waals surface area (Å²) >= 11 is 0. The van der Waals surface area contributed by atoms with Crippen LogP contribution < -0.4 is 15.4 Å². The fourth-order valence-corrected chi connectivity index (χ4v) is 3.00. The number of carbonyl (C=O) groups is 1. The van der Waals surface area contributed by atoms with Crippen LogP contribution in [0.4, 0.5) is 0 Å². The minimum absolute atomic E-state index is 0. The van der Waals surface area contributed by atoms with Crippen LogP contribution in [0.2, 0.25) is 0 Å². The van der Waals surface area contributed by atoms with E-state index >= 15 is 0 Å². The highest BCUT2D eigenvalue weighted by Crippen LogP contribution is 2.20. The van der Waals surface area contributed by atoms with E-state index in [1.54, 1.807) is 19.0 Å². The lowest BCUT2D eigenvalue weighted by Gasteiger charge is -2.15. The number of amides is 1. The number of guanidine groups is 1. The smallest absolute Gasteiger partial charge is 0.253 e. The van der Waals surface area contributed by atoms with Crippen molar-refractivity contribution in [3.63, 3.8) is 0 Å². The summed E-state index contributed by atoms with van der Waals surface area (Å²) in [5.74, 6) is 1.57. The van der Waals surface area contributed by atoms with E-state index in [0.29, 0.717) is 38.5 Å². The molecule has 2 aromatic carbocycles. The first-order chi connectivity index (χ1) is 15.4. The van der Waals surface area contributed by atoms with E-state index in [0.717, 1.165) is 34.9 Å². The molecule has 0 heterocycles. The first-order valence-electron chi connectivity index (χ1n) is 11.1. The molecule has 0 unspecified atom stereocenters. The van der Waals surface area contributed by atoms with Crippen molar-refractivity contribution in [2.45, 2.75) is 33.9 Å². The molecule has 0 radical (unpaired) electrons. The van der Waals surface area contributed by atoms with Gasteiger partial charge in [0.25, 0.3) is 5.91 Å². The van der Waals surface area contributed by atoms with Crippen molar-refractivity contribution in [3.8, 4) is 5.75 Å². The third-order valence-corrected chi connectivity index (χ3v) is 4.73. The summed E-state index contributed by atoms with van der Waals surface area (Å²) < 4.78 is 11.3. The molecule has 0 fully saturated rings. The lowest BCUT2D eigenvalue weighted by atomic mass is 10.1. The summed E-state index contributed by atoms with van der Waals surface area (Å²) in [5, 5.41) is 6.66. The second-order valence-electron chi connectivity index (χ2n) is 7.60. The van der Waals surface area contributed by atoms with Crippen molar-refractivity contribution in [1.82, 2.24) is 15.5 Å². The molecule has 7 nitrogen and oxygen atoms in total. The van der Waals surface area contributed by atoms with Gasteiger partial charge in [-0.15, -0.1) is 24.0 Å². The molecule has 0 aliphatic carbocycles. The molecule has 0 saturated carbocycles. The molecule has 0 atom stereocenters. The quantitative estimate of drug-likeness (QED) is 0.186. The summed E-state index contributed by atoms with van der Waals surface area (Å²) in [4.78, 5) is 18.3. The molecule has 2 N–H and O–H groups in total. The third-order valence-electron chi connectivity index (χ3n) is 4.73. The lowest BCUT2D eigenvalue weighted by Crippen LogP contribution is -2.36.